The molecule has 2 aromatic heterocycles. The first kappa shape index (κ1) is 21.0. The first-order valence-corrected chi connectivity index (χ1v) is 10.5. The van der Waals surface area contributed by atoms with Crippen molar-refractivity contribution < 1.29 is 0 Å². The average molecular weight is 391 g/mol. The number of aryl methyl sites for hydroxylation is 2. The minimum absolute atomic E-state index is 0.897. The molecule has 3 aromatic rings. The minimum atomic E-state index is 0.897. The molecule has 0 radical (unpaired) electrons. The van der Waals surface area contributed by atoms with E-state index in [0.717, 1.165) is 59.3 Å². The fraction of sp³-hybridized carbons (Fsp3) is 0.360. The van der Waals surface area contributed by atoms with Gasteiger partial charge >= 0.3 is 0 Å². The first-order valence-electron chi connectivity index (χ1n) is 10.5. The molecule has 3 N–H and O–H groups in total. The van der Waals surface area contributed by atoms with E-state index in [9.17, 15) is 0 Å². The second-order valence-electron chi connectivity index (χ2n) is 7.81. The van der Waals surface area contributed by atoms with Gasteiger partial charge in [-0.15, -0.1) is 0 Å². The zero-order chi connectivity index (χ0) is 21.1. The van der Waals surface area contributed by atoms with E-state index in [1.807, 2.05) is 0 Å². The van der Waals surface area contributed by atoms with E-state index in [4.69, 9.17) is 0 Å². The lowest BCUT2D eigenvalue weighted by Gasteiger charge is -2.19. The molecular formula is C25H34N4. The minimum Gasteiger partial charge on any atom is -0.384 e. The Morgan fingerprint density at radius 2 is 1.86 bits per heavy atom. The molecule has 29 heavy (non-hydrogen) atoms. The quantitative estimate of drug-likeness (QED) is 0.551. The molecule has 3 rings (SSSR count). The van der Waals surface area contributed by atoms with Crippen LogP contribution in [0.25, 0.3) is 29.3 Å². The number of aromatic nitrogens is 2. The Hall–Kier alpha value is -2.72. The maximum Gasteiger partial charge on any atom is 0.0464 e. The van der Waals surface area contributed by atoms with Gasteiger partial charge in [-0.1, -0.05) is 38.6 Å². The van der Waals surface area contributed by atoms with Crippen LogP contribution in [0.5, 0.6) is 0 Å². The Morgan fingerprint density at radius 1 is 1.14 bits per heavy atom. The summed E-state index contributed by atoms with van der Waals surface area (Å²) in [4.78, 5) is 9.36. The predicted octanol–water partition coefficient (Wildman–Crippen LogP) is 3.56. The van der Waals surface area contributed by atoms with Gasteiger partial charge in [0.1, 0.15) is 0 Å². The highest BCUT2D eigenvalue weighted by Crippen LogP contribution is 2.23. The van der Waals surface area contributed by atoms with Gasteiger partial charge in [-0.25, -0.2) is 0 Å². The summed E-state index contributed by atoms with van der Waals surface area (Å²) < 4.78 is 0. The molecule has 0 saturated heterocycles. The first-order chi connectivity index (χ1) is 13.8. The molecule has 0 aliphatic heterocycles. The number of H-pyrrole nitrogens is 2. The topological polar surface area (TPSA) is 46.8 Å². The van der Waals surface area contributed by atoms with Gasteiger partial charge in [0.25, 0.3) is 0 Å². The van der Waals surface area contributed by atoms with Gasteiger partial charge in [0.2, 0.25) is 0 Å². The lowest BCUT2D eigenvalue weighted by molar-refractivity contribution is 0.308. The number of nitrogens with one attached hydrogen (secondary N) is 3. The maximum atomic E-state index is 4.30. The number of rotatable bonds is 8. The van der Waals surface area contributed by atoms with Crippen LogP contribution in [0.3, 0.4) is 0 Å². The molecular weight excluding hydrogens is 356 g/mol. The van der Waals surface area contributed by atoms with Crippen LogP contribution in [0.1, 0.15) is 41.9 Å². The van der Waals surface area contributed by atoms with E-state index in [1.54, 1.807) is 0 Å². The van der Waals surface area contributed by atoms with Crippen LogP contribution in [0.15, 0.2) is 24.8 Å². The fourth-order valence-electron chi connectivity index (χ4n) is 4.06. The summed E-state index contributed by atoms with van der Waals surface area (Å²) in [7, 11) is 0. The van der Waals surface area contributed by atoms with Crippen molar-refractivity contribution in [3.8, 4) is 0 Å². The Labute approximate surface area is 174 Å². The molecule has 2 heterocycles. The molecule has 0 aliphatic carbocycles. The van der Waals surface area contributed by atoms with Crippen molar-refractivity contribution in [2.75, 3.05) is 26.2 Å². The van der Waals surface area contributed by atoms with Crippen LogP contribution >= 0.6 is 0 Å². The number of benzene rings is 1. The average Bonchev–Trinajstić information content (AvgIpc) is 3.14. The summed E-state index contributed by atoms with van der Waals surface area (Å²) in [6.45, 7) is 23.4. The van der Waals surface area contributed by atoms with Crippen molar-refractivity contribution in [1.82, 2.24) is 20.2 Å². The fourth-order valence-corrected chi connectivity index (χ4v) is 4.06. The lowest BCUT2D eigenvalue weighted by Crippen LogP contribution is -2.31. The van der Waals surface area contributed by atoms with Gasteiger partial charge in [-0.2, -0.15) is 0 Å². The monoisotopic (exact) mass is 390 g/mol. The molecule has 0 saturated carbocycles. The van der Waals surface area contributed by atoms with Crippen molar-refractivity contribution in [3.05, 3.63) is 63.4 Å². The molecule has 4 nitrogen and oxygen atoms in total. The third-order valence-corrected chi connectivity index (χ3v) is 5.80. The van der Waals surface area contributed by atoms with Crippen molar-refractivity contribution >= 4 is 29.3 Å². The number of hydrogen-bond donors (Lipinski definition) is 3. The van der Waals surface area contributed by atoms with Crippen molar-refractivity contribution in [3.63, 3.8) is 0 Å². The molecule has 1 aromatic carbocycles. The van der Waals surface area contributed by atoms with E-state index < -0.39 is 0 Å². The molecule has 4 heteroatoms. The van der Waals surface area contributed by atoms with Crippen LogP contribution in [-0.2, 0) is 0 Å². The van der Waals surface area contributed by atoms with E-state index in [-0.39, 0.29) is 0 Å². The smallest absolute Gasteiger partial charge is 0.0464 e. The molecule has 0 amide bonds. The highest BCUT2D eigenvalue weighted by molar-refractivity contribution is 5.83. The van der Waals surface area contributed by atoms with Gasteiger partial charge in [0.15, 0.2) is 0 Å². The van der Waals surface area contributed by atoms with E-state index >= 15 is 0 Å². The highest BCUT2D eigenvalue weighted by atomic mass is 15.1. The molecule has 0 bridgehead atoms. The number of likely N-dealkylation sites (N-methyl/N-ethyl adjacent to an activating group) is 1. The third-order valence-electron chi connectivity index (χ3n) is 5.80. The Kier molecular flexibility index (Phi) is 6.33. The van der Waals surface area contributed by atoms with Gasteiger partial charge in [-0.05, 0) is 57.6 Å². The van der Waals surface area contributed by atoms with Crippen molar-refractivity contribution in [2.45, 2.75) is 34.6 Å². The largest absolute Gasteiger partial charge is 0.384 e. The lowest BCUT2D eigenvalue weighted by atomic mass is 10.1. The van der Waals surface area contributed by atoms with Crippen molar-refractivity contribution in [2.24, 2.45) is 0 Å². The highest BCUT2D eigenvalue weighted by Gasteiger charge is 2.13. The SMILES string of the molecule is C=C(NCCN(CC)CC)c1c(C)[nH]c(/C=c2\c(=C)[nH]c3ccc(C)cc23)c1C. The number of nitrogens with zero attached hydrogens (tertiary/aromatic N) is 1. The molecule has 154 valence electrons. The summed E-state index contributed by atoms with van der Waals surface area (Å²) in [6, 6.07) is 6.46. The van der Waals surface area contributed by atoms with E-state index in [2.05, 4.69) is 92.2 Å². The maximum absolute atomic E-state index is 4.30. The van der Waals surface area contributed by atoms with E-state index in [1.165, 1.54) is 22.1 Å². The second kappa shape index (κ2) is 8.75. The number of fused-ring (bicyclic) bond motifs is 1. The van der Waals surface area contributed by atoms with Crippen LogP contribution in [-0.4, -0.2) is 41.0 Å². The van der Waals surface area contributed by atoms with Crippen LogP contribution in [0.4, 0.5) is 0 Å². The Morgan fingerprint density at radius 3 is 2.55 bits per heavy atom. The van der Waals surface area contributed by atoms with Crippen LogP contribution in [0.2, 0.25) is 0 Å². The standard InChI is InChI=1S/C25H34N4/c1-8-29(9-2)13-12-26-19(6)25-17(4)24(28-20(25)7)15-21-18(5)27-23-11-10-16(3)14-22(21)23/h10-11,14-15,26-28H,5-6,8-9,12-13H2,1-4,7H3/b21-15+. The molecule has 0 aliphatic rings. The summed E-state index contributed by atoms with van der Waals surface area (Å²) in [5.74, 6) is 0. The van der Waals surface area contributed by atoms with E-state index in [0.29, 0.717) is 0 Å². The second-order valence-corrected chi connectivity index (χ2v) is 7.81. The summed E-state index contributed by atoms with van der Waals surface area (Å²) in [5, 5.41) is 6.80. The van der Waals surface area contributed by atoms with Crippen LogP contribution < -0.4 is 15.9 Å². The third kappa shape index (κ3) is 4.33. The number of hydrogen-bond acceptors (Lipinski definition) is 2. The van der Waals surface area contributed by atoms with Crippen LogP contribution in [0, 0.1) is 20.8 Å². The van der Waals surface area contributed by atoms with Gasteiger partial charge in [0.05, 0.1) is 0 Å². The normalized spacial score (nSPS) is 12.3. The number of aromatic amines is 2. The predicted molar refractivity (Wildman–Crippen MR) is 126 cm³/mol. The summed E-state index contributed by atoms with van der Waals surface area (Å²) >= 11 is 0. The zero-order valence-corrected chi connectivity index (χ0v) is 18.5. The zero-order valence-electron chi connectivity index (χ0n) is 18.5. The summed E-state index contributed by atoms with van der Waals surface area (Å²) in [5.41, 5.74) is 7.98. The molecule has 0 unspecified atom stereocenters. The Balaban J connectivity index is 1.92. The van der Waals surface area contributed by atoms with Gasteiger partial charge < -0.3 is 20.2 Å². The Bertz CT molecular complexity index is 1130. The van der Waals surface area contributed by atoms with Gasteiger partial charge in [0, 0.05) is 57.2 Å². The molecule has 0 fully saturated rings. The summed E-state index contributed by atoms with van der Waals surface area (Å²) in [6.07, 6.45) is 2.20. The molecule has 0 atom stereocenters. The van der Waals surface area contributed by atoms with Crippen molar-refractivity contribution in [1.29, 1.82) is 0 Å². The van der Waals surface area contributed by atoms with Gasteiger partial charge in [-0.3, -0.25) is 0 Å². The molecule has 0 spiro atoms.